The van der Waals surface area contributed by atoms with Gasteiger partial charge in [-0.15, -0.1) is 0 Å². The van der Waals surface area contributed by atoms with Gasteiger partial charge < -0.3 is 10.5 Å². The monoisotopic (exact) mass is 225 g/mol. The molecule has 0 saturated carbocycles. The van der Waals surface area contributed by atoms with Crippen LogP contribution in [0.2, 0.25) is 0 Å². The largest absolute Gasteiger partial charge is 0.492 e. The van der Waals surface area contributed by atoms with Crippen LogP contribution in [0.3, 0.4) is 0 Å². The van der Waals surface area contributed by atoms with E-state index < -0.39 is 0 Å². The number of benzene rings is 2. The molecule has 0 aromatic heterocycles. The van der Waals surface area contributed by atoms with Crippen LogP contribution < -0.4 is 10.5 Å². The van der Waals surface area contributed by atoms with Crippen LogP contribution in [0.5, 0.6) is 5.75 Å². The van der Waals surface area contributed by atoms with Crippen molar-refractivity contribution in [3.8, 4) is 16.9 Å². The number of fused-ring (bicyclic) bond motifs is 1. The van der Waals surface area contributed by atoms with E-state index in [1.165, 1.54) is 16.7 Å². The SMILES string of the molecule is Cc1ccc(N)cc1-c1cccc2c1OCC2. The molecule has 0 radical (unpaired) electrons. The van der Waals surface area contributed by atoms with Crippen LogP contribution in [0.25, 0.3) is 11.1 Å². The summed E-state index contributed by atoms with van der Waals surface area (Å²) in [6, 6.07) is 12.3. The van der Waals surface area contributed by atoms with E-state index in [2.05, 4.69) is 31.2 Å². The van der Waals surface area contributed by atoms with Gasteiger partial charge in [-0.25, -0.2) is 0 Å². The van der Waals surface area contributed by atoms with Crippen molar-refractivity contribution in [1.29, 1.82) is 0 Å². The molecule has 1 heterocycles. The molecule has 0 bridgehead atoms. The number of para-hydroxylation sites is 1. The van der Waals surface area contributed by atoms with E-state index in [9.17, 15) is 0 Å². The molecule has 3 rings (SSSR count). The summed E-state index contributed by atoms with van der Waals surface area (Å²) in [7, 11) is 0. The molecule has 2 aromatic rings. The number of rotatable bonds is 1. The molecule has 17 heavy (non-hydrogen) atoms. The Hall–Kier alpha value is -1.96. The van der Waals surface area contributed by atoms with Crippen molar-refractivity contribution in [2.45, 2.75) is 13.3 Å². The fourth-order valence-electron chi connectivity index (χ4n) is 2.36. The first-order valence-electron chi connectivity index (χ1n) is 5.87. The van der Waals surface area contributed by atoms with Crippen LogP contribution >= 0.6 is 0 Å². The summed E-state index contributed by atoms with van der Waals surface area (Å²) in [4.78, 5) is 0. The Morgan fingerprint density at radius 2 is 2.00 bits per heavy atom. The number of ether oxygens (including phenoxy) is 1. The molecule has 0 aliphatic carbocycles. The number of anilines is 1. The number of hydrogen-bond acceptors (Lipinski definition) is 2. The zero-order valence-electron chi connectivity index (χ0n) is 9.86. The summed E-state index contributed by atoms with van der Waals surface area (Å²) in [5.74, 6) is 1.03. The molecule has 0 atom stereocenters. The minimum Gasteiger partial charge on any atom is -0.492 e. The van der Waals surface area contributed by atoms with Crippen molar-refractivity contribution >= 4 is 5.69 Å². The van der Waals surface area contributed by atoms with Gasteiger partial charge in [0.15, 0.2) is 0 Å². The van der Waals surface area contributed by atoms with E-state index in [0.717, 1.165) is 30.0 Å². The van der Waals surface area contributed by atoms with Gasteiger partial charge in [0.25, 0.3) is 0 Å². The minimum atomic E-state index is 0.785. The highest BCUT2D eigenvalue weighted by Gasteiger charge is 2.17. The molecule has 2 nitrogen and oxygen atoms in total. The molecule has 86 valence electrons. The first kappa shape index (κ1) is 10.2. The second-order valence-corrected chi connectivity index (χ2v) is 4.47. The molecule has 0 spiro atoms. The summed E-state index contributed by atoms with van der Waals surface area (Å²) in [5.41, 5.74) is 11.5. The Bertz CT molecular complexity index is 575. The summed E-state index contributed by atoms with van der Waals surface area (Å²) >= 11 is 0. The molecule has 2 N–H and O–H groups in total. The number of nitrogens with two attached hydrogens (primary N) is 1. The van der Waals surface area contributed by atoms with E-state index in [1.54, 1.807) is 0 Å². The molecule has 1 aliphatic rings. The normalized spacial score (nSPS) is 13.2. The van der Waals surface area contributed by atoms with Gasteiger partial charge in [-0.05, 0) is 35.7 Å². The van der Waals surface area contributed by atoms with Crippen LogP contribution in [-0.2, 0) is 6.42 Å². The third-order valence-electron chi connectivity index (χ3n) is 3.27. The third kappa shape index (κ3) is 1.66. The van der Waals surface area contributed by atoms with E-state index >= 15 is 0 Å². The van der Waals surface area contributed by atoms with Crippen LogP contribution in [0.4, 0.5) is 5.69 Å². The highest BCUT2D eigenvalue weighted by Crippen LogP contribution is 2.38. The minimum absolute atomic E-state index is 0.785. The predicted molar refractivity (Wildman–Crippen MR) is 70.2 cm³/mol. The van der Waals surface area contributed by atoms with Crippen molar-refractivity contribution in [3.63, 3.8) is 0 Å². The second-order valence-electron chi connectivity index (χ2n) is 4.47. The third-order valence-corrected chi connectivity index (χ3v) is 3.27. The number of hydrogen-bond donors (Lipinski definition) is 1. The van der Waals surface area contributed by atoms with Crippen LogP contribution in [0.1, 0.15) is 11.1 Å². The summed E-state index contributed by atoms with van der Waals surface area (Å²) in [6.45, 7) is 2.89. The van der Waals surface area contributed by atoms with Gasteiger partial charge in [0.05, 0.1) is 6.61 Å². The Balaban J connectivity index is 2.22. The standard InChI is InChI=1S/C15H15NO/c1-10-5-6-12(16)9-14(10)13-4-2-3-11-7-8-17-15(11)13/h2-6,9H,7-8,16H2,1H3. The van der Waals surface area contributed by atoms with Crippen LogP contribution in [-0.4, -0.2) is 6.61 Å². The average Bonchev–Trinajstić information content (AvgIpc) is 2.80. The maximum Gasteiger partial charge on any atom is 0.130 e. The molecular formula is C15H15NO. The highest BCUT2D eigenvalue weighted by atomic mass is 16.5. The maximum absolute atomic E-state index is 5.87. The zero-order chi connectivity index (χ0) is 11.8. The quantitative estimate of drug-likeness (QED) is 0.756. The van der Waals surface area contributed by atoms with Gasteiger partial charge in [0.1, 0.15) is 5.75 Å². The number of aryl methyl sites for hydroxylation is 1. The van der Waals surface area contributed by atoms with E-state index in [0.29, 0.717) is 0 Å². The Morgan fingerprint density at radius 3 is 2.88 bits per heavy atom. The van der Waals surface area contributed by atoms with E-state index in [1.807, 2.05) is 12.1 Å². The Morgan fingerprint density at radius 1 is 1.12 bits per heavy atom. The van der Waals surface area contributed by atoms with Crippen molar-refractivity contribution < 1.29 is 4.74 Å². The summed E-state index contributed by atoms with van der Waals surface area (Å²) in [6.07, 6.45) is 1.00. The lowest BCUT2D eigenvalue weighted by atomic mass is 9.97. The molecule has 0 fully saturated rings. The maximum atomic E-state index is 5.87. The molecule has 2 heteroatoms. The van der Waals surface area contributed by atoms with Gasteiger partial charge in [-0.3, -0.25) is 0 Å². The zero-order valence-corrected chi connectivity index (χ0v) is 9.86. The summed E-state index contributed by atoms with van der Waals surface area (Å²) in [5, 5.41) is 0. The Kier molecular flexibility index (Phi) is 2.29. The second kappa shape index (κ2) is 3.81. The van der Waals surface area contributed by atoms with Gasteiger partial charge in [0, 0.05) is 17.7 Å². The van der Waals surface area contributed by atoms with E-state index in [-0.39, 0.29) is 0 Å². The van der Waals surface area contributed by atoms with Gasteiger partial charge in [0.2, 0.25) is 0 Å². The molecule has 0 saturated heterocycles. The fourth-order valence-corrected chi connectivity index (χ4v) is 2.36. The first-order chi connectivity index (χ1) is 8.25. The van der Waals surface area contributed by atoms with Gasteiger partial charge in [-0.2, -0.15) is 0 Å². The van der Waals surface area contributed by atoms with Crippen molar-refractivity contribution in [2.24, 2.45) is 0 Å². The topological polar surface area (TPSA) is 35.2 Å². The first-order valence-corrected chi connectivity index (χ1v) is 5.87. The predicted octanol–water partition coefficient (Wildman–Crippen LogP) is 3.18. The van der Waals surface area contributed by atoms with Gasteiger partial charge in [-0.1, -0.05) is 24.3 Å². The van der Waals surface area contributed by atoms with E-state index in [4.69, 9.17) is 10.5 Å². The fraction of sp³-hybridized carbons (Fsp3) is 0.200. The molecule has 1 aliphatic heterocycles. The van der Waals surface area contributed by atoms with Crippen LogP contribution in [0, 0.1) is 6.92 Å². The lowest BCUT2D eigenvalue weighted by Gasteiger charge is -2.11. The van der Waals surface area contributed by atoms with Crippen molar-refractivity contribution in [1.82, 2.24) is 0 Å². The Labute approximate surface area is 101 Å². The van der Waals surface area contributed by atoms with Crippen molar-refractivity contribution in [2.75, 3.05) is 12.3 Å². The van der Waals surface area contributed by atoms with Crippen LogP contribution in [0.15, 0.2) is 36.4 Å². The highest BCUT2D eigenvalue weighted by molar-refractivity contribution is 5.77. The molecular weight excluding hydrogens is 210 g/mol. The van der Waals surface area contributed by atoms with Gasteiger partial charge >= 0.3 is 0 Å². The molecule has 0 unspecified atom stereocenters. The van der Waals surface area contributed by atoms with Crippen molar-refractivity contribution in [3.05, 3.63) is 47.5 Å². The lowest BCUT2D eigenvalue weighted by molar-refractivity contribution is 0.358. The molecule has 0 amide bonds. The number of nitrogen functional groups attached to an aromatic ring is 1. The smallest absolute Gasteiger partial charge is 0.130 e. The lowest BCUT2D eigenvalue weighted by Crippen LogP contribution is -1.92. The molecule has 2 aromatic carbocycles. The summed E-state index contributed by atoms with van der Waals surface area (Å²) < 4.78 is 5.74. The average molecular weight is 225 g/mol.